The Morgan fingerprint density at radius 1 is 0.944 bits per heavy atom. The van der Waals surface area contributed by atoms with E-state index in [1.165, 1.54) is 17.7 Å². The number of hydrogen-bond donors (Lipinski definition) is 1. The smallest absolute Gasteiger partial charge is 0.123 e. The van der Waals surface area contributed by atoms with Crippen molar-refractivity contribution < 1.29 is 4.39 Å². The first-order chi connectivity index (χ1) is 8.72. The van der Waals surface area contributed by atoms with Gasteiger partial charge in [-0.3, -0.25) is 0 Å². The third-order valence-corrected chi connectivity index (χ3v) is 3.48. The van der Waals surface area contributed by atoms with E-state index in [-0.39, 0.29) is 17.7 Å². The van der Waals surface area contributed by atoms with Crippen LogP contribution in [0.15, 0.2) is 54.6 Å². The SMILES string of the molecule is CC(c1ccc(F)cc1)C(CN)c1ccccc1. The van der Waals surface area contributed by atoms with Crippen molar-refractivity contribution in [3.05, 3.63) is 71.5 Å². The summed E-state index contributed by atoms with van der Waals surface area (Å²) in [7, 11) is 0. The first kappa shape index (κ1) is 12.8. The maximum absolute atomic E-state index is 12.9. The summed E-state index contributed by atoms with van der Waals surface area (Å²) >= 11 is 0. The molecule has 0 spiro atoms. The molecule has 0 saturated carbocycles. The van der Waals surface area contributed by atoms with Crippen LogP contribution in [0.1, 0.15) is 29.9 Å². The minimum atomic E-state index is -0.199. The Hall–Kier alpha value is -1.67. The van der Waals surface area contributed by atoms with Gasteiger partial charge in [0.05, 0.1) is 0 Å². The minimum absolute atomic E-state index is 0.199. The molecule has 2 heteroatoms. The molecule has 0 saturated heterocycles. The van der Waals surface area contributed by atoms with Crippen LogP contribution in [0.25, 0.3) is 0 Å². The molecule has 2 atom stereocenters. The number of benzene rings is 2. The molecule has 18 heavy (non-hydrogen) atoms. The molecule has 2 rings (SSSR count). The van der Waals surface area contributed by atoms with Gasteiger partial charge in [0.2, 0.25) is 0 Å². The molecular weight excluding hydrogens is 225 g/mol. The first-order valence-corrected chi connectivity index (χ1v) is 6.23. The van der Waals surface area contributed by atoms with Gasteiger partial charge in [0.15, 0.2) is 0 Å². The largest absolute Gasteiger partial charge is 0.330 e. The van der Waals surface area contributed by atoms with Crippen molar-refractivity contribution in [3.63, 3.8) is 0 Å². The van der Waals surface area contributed by atoms with Gasteiger partial charge in [-0.15, -0.1) is 0 Å². The van der Waals surface area contributed by atoms with Crippen LogP contribution in [0, 0.1) is 5.82 Å². The second-order valence-corrected chi connectivity index (χ2v) is 4.59. The fourth-order valence-electron chi connectivity index (χ4n) is 2.33. The topological polar surface area (TPSA) is 26.0 Å². The van der Waals surface area contributed by atoms with Crippen molar-refractivity contribution >= 4 is 0 Å². The van der Waals surface area contributed by atoms with Crippen molar-refractivity contribution in [1.82, 2.24) is 0 Å². The zero-order valence-electron chi connectivity index (χ0n) is 10.5. The Labute approximate surface area is 107 Å². The molecule has 2 N–H and O–H groups in total. The van der Waals surface area contributed by atoms with Crippen LogP contribution in [0.2, 0.25) is 0 Å². The second-order valence-electron chi connectivity index (χ2n) is 4.59. The van der Waals surface area contributed by atoms with Gasteiger partial charge in [-0.1, -0.05) is 49.4 Å². The Balaban J connectivity index is 2.25. The average molecular weight is 243 g/mol. The Morgan fingerprint density at radius 2 is 1.56 bits per heavy atom. The highest BCUT2D eigenvalue weighted by atomic mass is 19.1. The third kappa shape index (κ3) is 2.77. The zero-order chi connectivity index (χ0) is 13.0. The van der Waals surface area contributed by atoms with Crippen LogP contribution >= 0.6 is 0 Å². The number of nitrogens with two attached hydrogens (primary N) is 1. The van der Waals surface area contributed by atoms with E-state index in [4.69, 9.17) is 5.73 Å². The monoisotopic (exact) mass is 243 g/mol. The quantitative estimate of drug-likeness (QED) is 0.871. The molecule has 1 nitrogen and oxygen atoms in total. The Kier molecular flexibility index (Phi) is 4.11. The van der Waals surface area contributed by atoms with Crippen molar-refractivity contribution in [2.45, 2.75) is 18.8 Å². The molecule has 0 fully saturated rings. The van der Waals surface area contributed by atoms with Gasteiger partial charge < -0.3 is 5.73 Å². The van der Waals surface area contributed by atoms with Crippen molar-refractivity contribution in [3.8, 4) is 0 Å². The van der Waals surface area contributed by atoms with Crippen LogP contribution in [0.4, 0.5) is 4.39 Å². The highest BCUT2D eigenvalue weighted by molar-refractivity contribution is 5.28. The summed E-state index contributed by atoms with van der Waals surface area (Å²) in [5.74, 6) is 0.338. The Morgan fingerprint density at radius 3 is 2.11 bits per heavy atom. The number of halogens is 1. The van der Waals surface area contributed by atoms with Crippen LogP contribution in [-0.2, 0) is 0 Å². The van der Waals surface area contributed by atoms with E-state index in [9.17, 15) is 4.39 Å². The lowest BCUT2D eigenvalue weighted by Crippen LogP contribution is -2.18. The van der Waals surface area contributed by atoms with Gasteiger partial charge in [0, 0.05) is 5.92 Å². The van der Waals surface area contributed by atoms with E-state index in [1.54, 1.807) is 0 Å². The third-order valence-electron chi connectivity index (χ3n) is 3.48. The molecule has 0 radical (unpaired) electrons. The maximum atomic E-state index is 12.9. The van der Waals surface area contributed by atoms with E-state index in [2.05, 4.69) is 19.1 Å². The van der Waals surface area contributed by atoms with E-state index < -0.39 is 0 Å². The summed E-state index contributed by atoms with van der Waals surface area (Å²) in [6.07, 6.45) is 0. The molecule has 2 unspecified atom stereocenters. The fourth-order valence-corrected chi connectivity index (χ4v) is 2.33. The van der Waals surface area contributed by atoms with Crippen molar-refractivity contribution in [2.75, 3.05) is 6.54 Å². The zero-order valence-corrected chi connectivity index (χ0v) is 10.5. The molecule has 0 aliphatic carbocycles. The van der Waals surface area contributed by atoms with Gasteiger partial charge in [-0.05, 0) is 35.7 Å². The molecule has 0 aliphatic rings. The summed E-state index contributed by atoms with van der Waals surface area (Å²) in [5, 5.41) is 0. The van der Waals surface area contributed by atoms with Crippen LogP contribution in [0.5, 0.6) is 0 Å². The lowest BCUT2D eigenvalue weighted by Gasteiger charge is -2.23. The van der Waals surface area contributed by atoms with Crippen LogP contribution in [0.3, 0.4) is 0 Å². The minimum Gasteiger partial charge on any atom is -0.330 e. The van der Waals surface area contributed by atoms with E-state index in [0.29, 0.717) is 6.54 Å². The summed E-state index contributed by atoms with van der Waals surface area (Å²) < 4.78 is 12.9. The summed E-state index contributed by atoms with van der Waals surface area (Å²) in [6.45, 7) is 2.72. The predicted octanol–water partition coefficient (Wildman–Crippen LogP) is 3.67. The highest BCUT2D eigenvalue weighted by Gasteiger charge is 2.19. The number of hydrogen-bond acceptors (Lipinski definition) is 1. The second kappa shape index (κ2) is 5.78. The molecule has 0 aromatic heterocycles. The molecule has 0 amide bonds. The summed E-state index contributed by atoms with van der Waals surface area (Å²) in [6, 6.07) is 16.9. The molecule has 0 bridgehead atoms. The molecule has 0 aliphatic heterocycles. The summed E-state index contributed by atoms with van der Waals surface area (Å²) in [5.41, 5.74) is 8.25. The molecule has 2 aromatic carbocycles. The highest BCUT2D eigenvalue weighted by Crippen LogP contribution is 2.31. The van der Waals surface area contributed by atoms with Crippen LogP contribution < -0.4 is 5.73 Å². The molecular formula is C16H18FN. The van der Waals surface area contributed by atoms with Gasteiger partial charge in [-0.25, -0.2) is 4.39 Å². The van der Waals surface area contributed by atoms with Gasteiger partial charge in [-0.2, -0.15) is 0 Å². The molecule has 94 valence electrons. The predicted molar refractivity (Wildman–Crippen MR) is 73.1 cm³/mol. The van der Waals surface area contributed by atoms with E-state index in [1.807, 2.05) is 30.3 Å². The number of rotatable bonds is 4. The van der Waals surface area contributed by atoms with Crippen LogP contribution in [-0.4, -0.2) is 6.54 Å². The van der Waals surface area contributed by atoms with E-state index >= 15 is 0 Å². The Bertz CT molecular complexity index is 478. The van der Waals surface area contributed by atoms with Gasteiger partial charge >= 0.3 is 0 Å². The van der Waals surface area contributed by atoms with Crippen molar-refractivity contribution in [1.29, 1.82) is 0 Å². The lowest BCUT2D eigenvalue weighted by atomic mass is 9.83. The lowest BCUT2D eigenvalue weighted by molar-refractivity contribution is 0.580. The van der Waals surface area contributed by atoms with E-state index in [0.717, 1.165) is 5.56 Å². The fraction of sp³-hybridized carbons (Fsp3) is 0.250. The maximum Gasteiger partial charge on any atom is 0.123 e. The van der Waals surface area contributed by atoms with Gasteiger partial charge in [0.25, 0.3) is 0 Å². The molecule has 2 aromatic rings. The van der Waals surface area contributed by atoms with Crippen molar-refractivity contribution in [2.24, 2.45) is 5.73 Å². The van der Waals surface area contributed by atoms with Gasteiger partial charge in [0.1, 0.15) is 5.82 Å². The first-order valence-electron chi connectivity index (χ1n) is 6.23. The molecule has 0 heterocycles. The summed E-state index contributed by atoms with van der Waals surface area (Å²) in [4.78, 5) is 0. The average Bonchev–Trinajstić information content (AvgIpc) is 2.41. The normalized spacial score (nSPS) is 14.2. The standard InChI is InChI=1S/C16H18FN/c1-12(13-7-9-15(17)10-8-13)16(11-18)14-5-3-2-4-6-14/h2-10,12,16H,11,18H2,1H3.